The fraction of sp³-hybridized carbons (Fsp3) is 0.273. The molecule has 0 radical (unpaired) electrons. The average molecular weight is 523 g/mol. The number of halogens is 1. The van der Waals surface area contributed by atoms with Gasteiger partial charge in [0, 0.05) is 20.9 Å². The second-order valence-corrected chi connectivity index (χ2v) is 12.6. The molecule has 1 saturated carbocycles. The lowest BCUT2D eigenvalue weighted by Crippen LogP contribution is -2.54. The van der Waals surface area contributed by atoms with Crippen molar-refractivity contribution in [2.75, 3.05) is 9.80 Å². The van der Waals surface area contributed by atoms with Crippen molar-refractivity contribution in [3.05, 3.63) is 101 Å². The molecule has 4 aromatic rings. The van der Waals surface area contributed by atoms with E-state index in [4.69, 9.17) is 11.6 Å². The van der Waals surface area contributed by atoms with E-state index in [0.717, 1.165) is 17.1 Å². The molecule has 4 heteroatoms. The fourth-order valence-electron chi connectivity index (χ4n) is 7.28. The highest BCUT2D eigenvalue weighted by atomic mass is 35.5. The maximum absolute atomic E-state index is 7.64. The van der Waals surface area contributed by atoms with Crippen molar-refractivity contribution in [1.82, 2.24) is 0 Å². The number of rotatable bonds is 2. The highest BCUT2D eigenvalue weighted by Crippen LogP contribution is 2.65. The first-order chi connectivity index (χ1) is 17.9. The summed E-state index contributed by atoms with van der Waals surface area (Å²) in [7, 11) is 0. The summed E-state index contributed by atoms with van der Waals surface area (Å²) in [5.74, 6) is 0. The third kappa shape index (κ3) is 3.14. The lowest BCUT2D eigenvalue weighted by Gasteiger charge is -2.50. The van der Waals surface area contributed by atoms with Crippen LogP contribution < -0.4 is 9.80 Å². The summed E-state index contributed by atoms with van der Waals surface area (Å²) in [6.07, 6.45) is 4.85. The minimum absolute atomic E-state index is 0.0322. The van der Waals surface area contributed by atoms with Crippen LogP contribution in [0.1, 0.15) is 50.7 Å². The van der Waals surface area contributed by atoms with Crippen molar-refractivity contribution >= 4 is 51.8 Å². The highest BCUT2D eigenvalue weighted by molar-refractivity contribution is 7.99. The van der Waals surface area contributed by atoms with Gasteiger partial charge in [-0.2, -0.15) is 0 Å². The molecule has 0 spiro atoms. The lowest BCUT2D eigenvalue weighted by atomic mass is 9.61. The second kappa shape index (κ2) is 8.31. The summed E-state index contributed by atoms with van der Waals surface area (Å²) in [5.41, 5.74) is 8.62. The van der Waals surface area contributed by atoms with Gasteiger partial charge in [0.15, 0.2) is 0 Å². The smallest absolute Gasteiger partial charge is 0.0886 e. The van der Waals surface area contributed by atoms with Gasteiger partial charge in [0.25, 0.3) is 0 Å². The number of nitrogens with zero attached hydrogens (tertiary/aromatic N) is 2. The molecule has 2 nitrogen and oxygen atoms in total. The Balaban J connectivity index is 1.53. The van der Waals surface area contributed by atoms with E-state index >= 15 is 0 Å². The Morgan fingerprint density at radius 1 is 0.757 bits per heavy atom. The summed E-state index contributed by atoms with van der Waals surface area (Å²) in [5, 5.41) is 0.845. The summed E-state index contributed by atoms with van der Waals surface area (Å²) in [6, 6.07) is 30.6. The molecule has 1 aliphatic carbocycles. The standard InChI is InChI=1S/C33H31ClN2S/c1-22-21-26(35-24-15-7-9-17-27(24)37-28-18-10-8-16-25(28)35)30(34)31-29(22)32(2)19-11-12-20-33(32,3)36(31)23-13-5-4-6-14-23/h4-10,13-18,21H,11-12,19-20H2,1-3H3. The molecule has 0 N–H and O–H groups in total. The van der Waals surface area contributed by atoms with Crippen LogP contribution in [0.2, 0.25) is 5.02 Å². The zero-order chi connectivity index (χ0) is 25.4. The largest absolute Gasteiger partial charge is 0.333 e. The Morgan fingerprint density at radius 2 is 1.35 bits per heavy atom. The molecule has 2 heterocycles. The van der Waals surface area contributed by atoms with Crippen LogP contribution in [0, 0.1) is 6.92 Å². The number of anilines is 5. The molecule has 1 fully saturated rings. The Bertz CT molecular complexity index is 1490. The van der Waals surface area contributed by atoms with Gasteiger partial charge in [-0.05, 0) is 80.3 Å². The van der Waals surface area contributed by atoms with Gasteiger partial charge in [-0.1, -0.05) is 85.6 Å². The van der Waals surface area contributed by atoms with E-state index < -0.39 is 0 Å². The molecule has 0 bridgehead atoms. The molecule has 3 aliphatic rings. The van der Waals surface area contributed by atoms with Crippen LogP contribution in [0.15, 0.2) is 94.7 Å². The predicted octanol–water partition coefficient (Wildman–Crippen LogP) is 10.3. The van der Waals surface area contributed by atoms with Crippen LogP contribution >= 0.6 is 23.4 Å². The number of hydrogen-bond donors (Lipinski definition) is 0. The molecular weight excluding hydrogens is 492 g/mol. The molecule has 4 aromatic carbocycles. The van der Waals surface area contributed by atoms with Gasteiger partial charge in [-0.15, -0.1) is 0 Å². The second-order valence-electron chi connectivity index (χ2n) is 11.1. The van der Waals surface area contributed by atoms with Crippen LogP contribution in [0.25, 0.3) is 0 Å². The predicted molar refractivity (Wildman–Crippen MR) is 158 cm³/mol. The van der Waals surface area contributed by atoms with E-state index in [0.29, 0.717) is 0 Å². The molecule has 2 unspecified atom stereocenters. The van der Waals surface area contributed by atoms with Crippen LogP contribution in [-0.2, 0) is 5.41 Å². The monoisotopic (exact) mass is 522 g/mol. The Morgan fingerprint density at radius 3 is 2.03 bits per heavy atom. The number of aryl methyl sites for hydroxylation is 1. The maximum Gasteiger partial charge on any atom is 0.0886 e. The molecule has 37 heavy (non-hydrogen) atoms. The van der Waals surface area contributed by atoms with Crippen molar-refractivity contribution in [2.24, 2.45) is 0 Å². The minimum atomic E-state index is -0.0322. The highest BCUT2D eigenvalue weighted by Gasteiger charge is 2.59. The van der Waals surface area contributed by atoms with Gasteiger partial charge < -0.3 is 9.80 Å². The van der Waals surface area contributed by atoms with Gasteiger partial charge in [0.05, 0.1) is 33.3 Å². The van der Waals surface area contributed by atoms with Crippen molar-refractivity contribution < 1.29 is 0 Å². The van der Waals surface area contributed by atoms with E-state index in [1.54, 1.807) is 0 Å². The molecule has 7 rings (SSSR count). The minimum Gasteiger partial charge on any atom is -0.333 e. The Labute approximate surface area is 229 Å². The van der Waals surface area contributed by atoms with E-state index in [2.05, 4.69) is 116 Å². The lowest BCUT2D eigenvalue weighted by molar-refractivity contribution is 0.194. The number of benzene rings is 4. The molecule has 0 saturated heterocycles. The first-order valence-corrected chi connectivity index (χ1v) is 14.5. The summed E-state index contributed by atoms with van der Waals surface area (Å²) >= 11 is 9.47. The van der Waals surface area contributed by atoms with Crippen molar-refractivity contribution in [3.63, 3.8) is 0 Å². The van der Waals surface area contributed by atoms with E-state index in [1.807, 2.05) is 11.8 Å². The van der Waals surface area contributed by atoms with Crippen molar-refractivity contribution in [1.29, 1.82) is 0 Å². The third-order valence-corrected chi connectivity index (χ3v) is 10.7. The van der Waals surface area contributed by atoms with Crippen LogP contribution in [-0.4, -0.2) is 5.54 Å². The van der Waals surface area contributed by atoms with Crippen LogP contribution in [0.3, 0.4) is 0 Å². The van der Waals surface area contributed by atoms with Gasteiger partial charge in [-0.25, -0.2) is 0 Å². The summed E-state index contributed by atoms with van der Waals surface area (Å²) in [4.78, 5) is 7.48. The first-order valence-electron chi connectivity index (χ1n) is 13.3. The first kappa shape index (κ1) is 23.3. The fourth-order valence-corrected chi connectivity index (χ4v) is 8.65. The number of fused-ring (bicyclic) bond motifs is 5. The quantitative estimate of drug-likeness (QED) is 0.227. The van der Waals surface area contributed by atoms with Gasteiger partial charge in [0.1, 0.15) is 0 Å². The number of para-hydroxylation sites is 3. The maximum atomic E-state index is 7.64. The molecular formula is C33H31ClN2S. The topological polar surface area (TPSA) is 6.48 Å². The molecule has 186 valence electrons. The average Bonchev–Trinajstić information content (AvgIpc) is 3.14. The van der Waals surface area contributed by atoms with E-state index in [-0.39, 0.29) is 11.0 Å². The normalized spacial score (nSPS) is 23.8. The van der Waals surface area contributed by atoms with E-state index in [1.165, 1.54) is 62.9 Å². The van der Waals surface area contributed by atoms with Gasteiger partial charge in [0.2, 0.25) is 0 Å². The van der Waals surface area contributed by atoms with E-state index in [9.17, 15) is 0 Å². The zero-order valence-electron chi connectivity index (χ0n) is 21.6. The van der Waals surface area contributed by atoms with Crippen molar-refractivity contribution in [3.8, 4) is 0 Å². The van der Waals surface area contributed by atoms with Gasteiger partial charge >= 0.3 is 0 Å². The molecule has 2 aliphatic heterocycles. The molecule has 2 atom stereocenters. The van der Waals surface area contributed by atoms with Crippen LogP contribution in [0.4, 0.5) is 28.4 Å². The zero-order valence-corrected chi connectivity index (χ0v) is 23.2. The SMILES string of the molecule is Cc1cc(N2c3ccccc3Sc3ccccc32)c(Cl)c2c1C1(C)CCCCC1(C)N2c1ccccc1. The van der Waals surface area contributed by atoms with Crippen LogP contribution in [0.5, 0.6) is 0 Å². The van der Waals surface area contributed by atoms with Crippen molar-refractivity contribution in [2.45, 2.75) is 67.2 Å². The summed E-state index contributed by atoms with van der Waals surface area (Å²) < 4.78 is 0. The number of hydrogen-bond acceptors (Lipinski definition) is 3. The molecule has 0 amide bonds. The Hall–Kier alpha value is -2.88. The Kier molecular flexibility index (Phi) is 5.22. The molecule has 0 aromatic heterocycles. The van der Waals surface area contributed by atoms with Gasteiger partial charge in [-0.3, -0.25) is 0 Å². The summed E-state index contributed by atoms with van der Waals surface area (Å²) in [6.45, 7) is 7.25. The third-order valence-electron chi connectivity index (χ3n) is 9.15.